The van der Waals surface area contributed by atoms with Gasteiger partial charge in [0.15, 0.2) is 15.9 Å². The van der Waals surface area contributed by atoms with E-state index in [2.05, 4.69) is 5.10 Å². The maximum atomic E-state index is 12.8. The van der Waals surface area contributed by atoms with Gasteiger partial charge in [0.2, 0.25) is 0 Å². The molecule has 0 spiro atoms. The lowest BCUT2D eigenvalue weighted by atomic mass is 10.2. The highest BCUT2D eigenvalue weighted by molar-refractivity contribution is 7.91. The highest BCUT2D eigenvalue weighted by atomic mass is 32.2. The van der Waals surface area contributed by atoms with Gasteiger partial charge in [-0.15, -0.1) is 0 Å². The molecule has 3 rings (SSSR count). The number of carbonyl (C=O) groups excluding carboxylic acids is 2. The standard InChI is InChI=1S/C20H25N3O5S/c1-13-18(14(2)23(21-13)16-8-6-5-7-9-16)20(25)28-15(3)19(24)22(4)17-10-11-29(26,27)12-17/h5-9,15,17H,10-12H2,1-4H3/t15-,17-/m0/s1. The molecule has 1 aliphatic heterocycles. The number of likely N-dealkylation sites (N-methyl/N-ethyl adjacent to an activating group) is 1. The van der Waals surface area contributed by atoms with Gasteiger partial charge in [0, 0.05) is 13.1 Å². The van der Waals surface area contributed by atoms with Crippen molar-refractivity contribution in [2.24, 2.45) is 0 Å². The first-order chi connectivity index (χ1) is 13.6. The zero-order chi connectivity index (χ0) is 21.3. The fourth-order valence-corrected chi connectivity index (χ4v) is 5.35. The van der Waals surface area contributed by atoms with E-state index in [0.29, 0.717) is 23.4 Å². The van der Waals surface area contributed by atoms with Crippen LogP contribution < -0.4 is 0 Å². The van der Waals surface area contributed by atoms with Crippen LogP contribution in [0.4, 0.5) is 0 Å². The normalized spacial score (nSPS) is 19.0. The predicted molar refractivity (Wildman–Crippen MR) is 108 cm³/mol. The quantitative estimate of drug-likeness (QED) is 0.684. The number of para-hydroxylation sites is 1. The molecule has 1 fully saturated rings. The van der Waals surface area contributed by atoms with Crippen molar-refractivity contribution < 1.29 is 22.7 Å². The molecule has 0 radical (unpaired) electrons. The van der Waals surface area contributed by atoms with Crippen molar-refractivity contribution in [2.45, 2.75) is 39.3 Å². The summed E-state index contributed by atoms with van der Waals surface area (Å²) in [4.78, 5) is 26.8. The predicted octanol–water partition coefficient (Wildman–Crippen LogP) is 1.68. The average molecular weight is 420 g/mol. The van der Waals surface area contributed by atoms with Crippen LogP contribution in [0.15, 0.2) is 30.3 Å². The van der Waals surface area contributed by atoms with Gasteiger partial charge in [-0.3, -0.25) is 4.79 Å². The molecule has 1 saturated heterocycles. The zero-order valence-electron chi connectivity index (χ0n) is 17.0. The van der Waals surface area contributed by atoms with Gasteiger partial charge in [-0.05, 0) is 39.3 Å². The van der Waals surface area contributed by atoms with Crippen LogP contribution in [-0.4, -0.2) is 65.7 Å². The number of aryl methyl sites for hydroxylation is 1. The van der Waals surface area contributed by atoms with Crippen LogP contribution in [0.3, 0.4) is 0 Å². The van der Waals surface area contributed by atoms with Crippen LogP contribution >= 0.6 is 0 Å². The van der Waals surface area contributed by atoms with E-state index in [0.717, 1.165) is 5.69 Å². The third kappa shape index (κ3) is 4.34. The molecule has 1 aromatic heterocycles. The summed E-state index contributed by atoms with van der Waals surface area (Å²) in [6.07, 6.45) is -0.637. The molecule has 2 atom stereocenters. The SMILES string of the molecule is Cc1nn(-c2ccccc2)c(C)c1C(=O)O[C@@H](C)C(=O)N(C)[C@H]1CCS(=O)(=O)C1. The summed E-state index contributed by atoms with van der Waals surface area (Å²) in [5.41, 5.74) is 2.26. The molecule has 9 heteroatoms. The van der Waals surface area contributed by atoms with Crippen molar-refractivity contribution >= 4 is 21.7 Å². The van der Waals surface area contributed by atoms with Crippen molar-refractivity contribution in [3.05, 3.63) is 47.3 Å². The summed E-state index contributed by atoms with van der Waals surface area (Å²) in [5.74, 6) is -1.04. The van der Waals surface area contributed by atoms with E-state index >= 15 is 0 Å². The van der Waals surface area contributed by atoms with Crippen molar-refractivity contribution in [2.75, 3.05) is 18.6 Å². The molecule has 8 nitrogen and oxygen atoms in total. The van der Waals surface area contributed by atoms with Gasteiger partial charge in [-0.25, -0.2) is 17.9 Å². The molecular weight excluding hydrogens is 394 g/mol. The van der Waals surface area contributed by atoms with E-state index in [1.54, 1.807) is 25.6 Å². The zero-order valence-corrected chi connectivity index (χ0v) is 17.8. The number of hydrogen-bond acceptors (Lipinski definition) is 6. The first-order valence-electron chi connectivity index (χ1n) is 9.40. The van der Waals surface area contributed by atoms with Gasteiger partial charge >= 0.3 is 5.97 Å². The summed E-state index contributed by atoms with van der Waals surface area (Å²) < 4.78 is 30.4. The number of carbonyl (C=O) groups is 2. The molecule has 1 aromatic carbocycles. The second kappa shape index (κ2) is 7.98. The number of amides is 1. The Kier molecular flexibility index (Phi) is 5.79. The van der Waals surface area contributed by atoms with E-state index in [1.165, 1.54) is 11.8 Å². The lowest BCUT2D eigenvalue weighted by molar-refractivity contribution is -0.140. The molecule has 0 saturated carbocycles. The molecule has 2 aromatic rings. The smallest absolute Gasteiger partial charge is 0.342 e. The summed E-state index contributed by atoms with van der Waals surface area (Å²) >= 11 is 0. The van der Waals surface area contributed by atoms with Gasteiger partial charge in [0.25, 0.3) is 5.91 Å². The van der Waals surface area contributed by atoms with Crippen molar-refractivity contribution in [1.29, 1.82) is 0 Å². The lowest BCUT2D eigenvalue weighted by Crippen LogP contribution is -2.44. The number of ether oxygens (including phenoxy) is 1. The summed E-state index contributed by atoms with van der Waals surface area (Å²) in [5, 5.41) is 4.42. The fraction of sp³-hybridized carbons (Fsp3) is 0.450. The first-order valence-corrected chi connectivity index (χ1v) is 11.2. The van der Waals surface area contributed by atoms with Crippen molar-refractivity contribution in [3.63, 3.8) is 0 Å². The van der Waals surface area contributed by atoms with E-state index in [-0.39, 0.29) is 11.5 Å². The molecule has 0 aliphatic carbocycles. The molecule has 1 aliphatic rings. The second-order valence-electron chi connectivity index (χ2n) is 7.35. The van der Waals surface area contributed by atoms with Gasteiger partial charge in [-0.1, -0.05) is 18.2 Å². The van der Waals surface area contributed by atoms with Crippen molar-refractivity contribution in [3.8, 4) is 5.69 Å². The fourth-order valence-electron chi connectivity index (χ4n) is 3.58. The van der Waals surface area contributed by atoms with Crippen LogP contribution in [0.5, 0.6) is 0 Å². The summed E-state index contributed by atoms with van der Waals surface area (Å²) in [6, 6.07) is 9.02. The average Bonchev–Trinajstić information content (AvgIpc) is 3.19. The number of rotatable bonds is 5. The van der Waals surface area contributed by atoms with Gasteiger partial charge in [0.05, 0.1) is 28.6 Å². The maximum absolute atomic E-state index is 12.8. The summed E-state index contributed by atoms with van der Waals surface area (Å²) in [7, 11) is -1.57. The van der Waals surface area contributed by atoms with E-state index < -0.39 is 33.9 Å². The minimum atomic E-state index is -3.11. The number of esters is 1. The third-order valence-corrected chi connectivity index (χ3v) is 6.98. The van der Waals surface area contributed by atoms with Gasteiger partial charge in [0.1, 0.15) is 5.56 Å². The molecule has 1 amide bonds. The number of sulfone groups is 1. The minimum Gasteiger partial charge on any atom is -0.449 e. The van der Waals surface area contributed by atoms with Crippen LogP contribution in [-0.2, 0) is 19.4 Å². The minimum absolute atomic E-state index is 0.0576. The first kappa shape index (κ1) is 21.0. The van der Waals surface area contributed by atoms with Gasteiger partial charge in [-0.2, -0.15) is 5.10 Å². The number of nitrogens with zero attached hydrogens (tertiary/aromatic N) is 3. The Labute approximate surface area is 170 Å². The summed E-state index contributed by atoms with van der Waals surface area (Å²) in [6.45, 7) is 4.98. The van der Waals surface area contributed by atoms with Crippen LogP contribution in [0.25, 0.3) is 5.69 Å². The maximum Gasteiger partial charge on any atom is 0.342 e. The third-order valence-electron chi connectivity index (χ3n) is 5.23. The molecule has 156 valence electrons. The van der Waals surface area contributed by atoms with E-state index in [9.17, 15) is 18.0 Å². The van der Waals surface area contributed by atoms with Crippen LogP contribution in [0.1, 0.15) is 35.1 Å². The van der Waals surface area contributed by atoms with E-state index in [1.807, 2.05) is 30.3 Å². The number of benzene rings is 1. The topological polar surface area (TPSA) is 98.6 Å². The Morgan fingerprint density at radius 1 is 1.24 bits per heavy atom. The lowest BCUT2D eigenvalue weighted by Gasteiger charge is -2.26. The highest BCUT2D eigenvalue weighted by Gasteiger charge is 2.35. The second-order valence-corrected chi connectivity index (χ2v) is 9.58. The molecular formula is C20H25N3O5S. The molecule has 2 heterocycles. The Balaban J connectivity index is 1.73. The Bertz CT molecular complexity index is 1030. The Hall–Kier alpha value is -2.68. The molecule has 0 N–H and O–H groups in total. The number of aromatic nitrogens is 2. The Morgan fingerprint density at radius 3 is 2.48 bits per heavy atom. The highest BCUT2D eigenvalue weighted by Crippen LogP contribution is 2.21. The van der Waals surface area contributed by atoms with Crippen LogP contribution in [0, 0.1) is 13.8 Å². The molecule has 0 bridgehead atoms. The Morgan fingerprint density at radius 2 is 1.90 bits per heavy atom. The van der Waals surface area contributed by atoms with Crippen molar-refractivity contribution in [1.82, 2.24) is 14.7 Å². The van der Waals surface area contributed by atoms with Crippen LogP contribution in [0.2, 0.25) is 0 Å². The molecule has 29 heavy (non-hydrogen) atoms. The van der Waals surface area contributed by atoms with E-state index in [4.69, 9.17) is 4.74 Å². The monoisotopic (exact) mass is 419 g/mol. The van der Waals surface area contributed by atoms with Gasteiger partial charge < -0.3 is 9.64 Å². The number of hydrogen-bond donors (Lipinski definition) is 0. The largest absolute Gasteiger partial charge is 0.449 e. The molecule has 0 unspecified atom stereocenters.